The lowest BCUT2D eigenvalue weighted by Crippen LogP contribution is -2.54. The molecule has 0 aromatic carbocycles. The Morgan fingerprint density at radius 3 is 2.35 bits per heavy atom. The number of rotatable bonds is 7. The topological polar surface area (TPSA) is 52.6 Å². The van der Waals surface area contributed by atoms with Gasteiger partial charge in [-0.2, -0.15) is 0 Å². The summed E-state index contributed by atoms with van der Waals surface area (Å²) in [4.78, 5) is 14.0. The minimum absolute atomic E-state index is 0.302. The Morgan fingerprint density at radius 1 is 1.40 bits per heavy atom. The minimum Gasteiger partial charge on any atom is -0.480 e. The average Bonchev–Trinajstić information content (AvgIpc) is 2.39. The second-order valence-corrected chi connectivity index (χ2v) is 6.92. The highest BCUT2D eigenvalue weighted by atomic mass is 16.4. The summed E-state index contributed by atoms with van der Waals surface area (Å²) in [6, 6.07) is 0.302. The Bertz CT molecular complexity index is 324. The molecule has 118 valence electrons. The lowest BCUT2D eigenvalue weighted by atomic mass is 9.77. The fourth-order valence-corrected chi connectivity index (χ4v) is 3.20. The first kappa shape index (κ1) is 17.4. The zero-order chi connectivity index (χ0) is 15.4. The molecule has 1 fully saturated rings. The zero-order valence-electron chi connectivity index (χ0n) is 13.8. The first-order valence-corrected chi connectivity index (χ1v) is 7.99. The molecule has 1 heterocycles. The third-order valence-corrected chi connectivity index (χ3v) is 5.22. The van der Waals surface area contributed by atoms with E-state index >= 15 is 0 Å². The summed E-state index contributed by atoms with van der Waals surface area (Å²) in [6.07, 6.45) is 4.33. The Kier molecular flexibility index (Phi) is 6.02. The second-order valence-electron chi connectivity index (χ2n) is 6.92. The Balaban J connectivity index is 2.59. The van der Waals surface area contributed by atoms with Crippen LogP contribution in [0.15, 0.2) is 0 Å². The van der Waals surface area contributed by atoms with Gasteiger partial charge in [0.1, 0.15) is 5.54 Å². The molecular weight excluding hydrogens is 252 g/mol. The number of likely N-dealkylation sites (N-methyl/N-ethyl adjacent to an activating group) is 1. The second kappa shape index (κ2) is 6.90. The van der Waals surface area contributed by atoms with Gasteiger partial charge in [-0.15, -0.1) is 0 Å². The Morgan fingerprint density at radius 2 is 1.95 bits per heavy atom. The highest BCUT2D eigenvalue weighted by molar-refractivity contribution is 5.78. The largest absolute Gasteiger partial charge is 0.480 e. The third-order valence-electron chi connectivity index (χ3n) is 5.22. The van der Waals surface area contributed by atoms with Crippen molar-refractivity contribution < 1.29 is 9.90 Å². The Hall–Kier alpha value is -0.610. The van der Waals surface area contributed by atoms with Crippen molar-refractivity contribution in [2.24, 2.45) is 5.41 Å². The van der Waals surface area contributed by atoms with Crippen molar-refractivity contribution in [1.29, 1.82) is 0 Å². The molecule has 1 aliphatic heterocycles. The molecule has 0 spiro atoms. The van der Waals surface area contributed by atoms with Crippen molar-refractivity contribution in [3.63, 3.8) is 0 Å². The van der Waals surface area contributed by atoms with Gasteiger partial charge in [0.25, 0.3) is 0 Å². The number of carbonyl (C=O) groups is 1. The van der Waals surface area contributed by atoms with Gasteiger partial charge in [-0.1, -0.05) is 27.2 Å². The van der Waals surface area contributed by atoms with Crippen LogP contribution in [0.3, 0.4) is 0 Å². The number of nitrogens with zero attached hydrogens (tertiary/aromatic N) is 1. The lowest BCUT2D eigenvalue weighted by Gasteiger charge is -2.43. The molecule has 0 saturated carbocycles. The highest BCUT2D eigenvalue weighted by Crippen LogP contribution is 2.35. The summed E-state index contributed by atoms with van der Waals surface area (Å²) >= 11 is 0. The van der Waals surface area contributed by atoms with E-state index in [1.807, 2.05) is 6.92 Å². The normalized spacial score (nSPS) is 24.1. The van der Waals surface area contributed by atoms with Crippen LogP contribution in [0, 0.1) is 5.41 Å². The monoisotopic (exact) mass is 284 g/mol. The van der Waals surface area contributed by atoms with E-state index in [9.17, 15) is 9.90 Å². The van der Waals surface area contributed by atoms with Crippen LogP contribution in [-0.4, -0.2) is 47.2 Å². The van der Waals surface area contributed by atoms with E-state index in [1.165, 1.54) is 19.3 Å². The van der Waals surface area contributed by atoms with Crippen LogP contribution in [0.2, 0.25) is 0 Å². The summed E-state index contributed by atoms with van der Waals surface area (Å²) in [6.45, 7) is 13.4. The van der Waals surface area contributed by atoms with Crippen LogP contribution in [-0.2, 0) is 4.79 Å². The molecule has 1 aliphatic rings. The van der Waals surface area contributed by atoms with E-state index in [2.05, 4.69) is 31.0 Å². The van der Waals surface area contributed by atoms with Gasteiger partial charge in [0.05, 0.1) is 0 Å². The fourth-order valence-electron chi connectivity index (χ4n) is 3.20. The van der Waals surface area contributed by atoms with E-state index in [0.717, 1.165) is 13.1 Å². The summed E-state index contributed by atoms with van der Waals surface area (Å²) in [5, 5.41) is 12.6. The summed E-state index contributed by atoms with van der Waals surface area (Å²) in [7, 11) is 0. The quantitative estimate of drug-likeness (QED) is 0.755. The third kappa shape index (κ3) is 4.19. The molecule has 2 atom stereocenters. The Labute approximate surface area is 123 Å². The van der Waals surface area contributed by atoms with Crippen LogP contribution in [0.5, 0.6) is 0 Å². The molecule has 0 radical (unpaired) electrons. The maximum atomic E-state index is 11.5. The molecule has 20 heavy (non-hydrogen) atoms. The number of aliphatic carboxylic acids is 1. The molecular formula is C16H32N2O2. The van der Waals surface area contributed by atoms with E-state index < -0.39 is 11.5 Å². The number of piperidine rings is 1. The summed E-state index contributed by atoms with van der Waals surface area (Å²) < 4.78 is 0. The van der Waals surface area contributed by atoms with E-state index in [1.54, 1.807) is 6.92 Å². The summed E-state index contributed by atoms with van der Waals surface area (Å²) in [5.41, 5.74) is -0.340. The van der Waals surface area contributed by atoms with Gasteiger partial charge in [-0.25, -0.2) is 0 Å². The lowest BCUT2D eigenvalue weighted by molar-refractivity contribution is -0.145. The molecule has 4 nitrogen and oxygen atoms in total. The van der Waals surface area contributed by atoms with Crippen LogP contribution in [0.4, 0.5) is 0 Å². The summed E-state index contributed by atoms with van der Waals surface area (Å²) in [5.74, 6) is -0.749. The van der Waals surface area contributed by atoms with Gasteiger partial charge in [-0.05, 0) is 58.2 Å². The molecule has 0 aromatic rings. The molecule has 0 aliphatic carbocycles. The van der Waals surface area contributed by atoms with Crippen LogP contribution >= 0.6 is 0 Å². The van der Waals surface area contributed by atoms with E-state index in [-0.39, 0.29) is 0 Å². The predicted octanol–water partition coefficient (Wildman–Crippen LogP) is 2.73. The smallest absolute Gasteiger partial charge is 0.323 e. The van der Waals surface area contributed by atoms with Crippen molar-refractivity contribution in [3.8, 4) is 0 Å². The van der Waals surface area contributed by atoms with Crippen LogP contribution in [0.1, 0.15) is 60.3 Å². The predicted molar refractivity (Wildman–Crippen MR) is 83.0 cm³/mol. The molecule has 1 saturated heterocycles. The first-order chi connectivity index (χ1) is 9.26. The van der Waals surface area contributed by atoms with Crippen molar-refractivity contribution in [2.45, 2.75) is 71.9 Å². The molecule has 1 rings (SSSR count). The van der Waals surface area contributed by atoms with Crippen LogP contribution < -0.4 is 5.32 Å². The molecule has 4 heteroatoms. The number of likely N-dealkylation sites (tertiary alicyclic amines) is 1. The zero-order valence-corrected chi connectivity index (χ0v) is 13.8. The maximum absolute atomic E-state index is 11.5. The van der Waals surface area contributed by atoms with Crippen molar-refractivity contribution >= 4 is 5.97 Å². The standard InChI is InChI=1S/C16H32N2O2/c1-6-15(4)8-10-18(11-9-15)13(3)12-16(5,14(19)20)17-7-2/h13,17H,6-12H2,1-5H3,(H,19,20). The SMILES string of the molecule is CCNC(C)(CC(C)N1CCC(C)(CC)CC1)C(=O)O. The van der Waals surface area contributed by atoms with E-state index in [0.29, 0.717) is 24.4 Å². The van der Waals surface area contributed by atoms with Crippen molar-refractivity contribution in [2.75, 3.05) is 19.6 Å². The highest BCUT2D eigenvalue weighted by Gasteiger charge is 2.37. The van der Waals surface area contributed by atoms with Crippen LogP contribution in [0.25, 0.3) is 0 Å². The molecule has 0 aromatic heterocycles. The number of hydrogen-bond donors (Lipinski definition) is 2. The van der Waals surface area contributed by atoms with Crippen molar-refractivity contribution in [1.82, 2.24) is 10.2 Å². The first-order valence-electron chi connectivity index (χ1n) is 7.99. The average molecular weight is 284 g/mol. The van der Waals surface area contributed by atoms with E-state index in [4.69, 9.17) is 0 Å². The maximum Gasteiger partial charge on any atom is 0.323 e. The van der Waals surface area contributed by atoms with Gasteiger partial charge >= 0.3 is 5.97 Å². The molecule has 2 unspecified atom stereocenters. The number of nitrogens with one attached hydrogen (secondary N) is 1. The molecule has 0 amide bonds. The molecule has 2 N–H and O–H groups in total. The van der Waals surface area contributed by atoms with Crippen molar-refractivity contribution in [3.05, 3.63) is 0 Å². The number of carboxylic acid groups (broad SMARTS) is 1. The fraction of sp³-hybridized carbons (Fsp3) is 0.938. The number of hydrogen-bond acceptors (Lipinski definition) is 3. The molecule has 0 bridgehead atoms. The minimum atomic E-state index is -0.820. The van der Waals surface area contributed by atoms with Gasteiger partial charge in [-0.3, -0.25) is 4.79 Å². The van der Waals surface area contributed by atoms with Gasteiger partial charge in [0, 0.05) is 6.04 Å². The number of carboxylic acids is 1. The van der Waals surface area contributed by atoms with Gasteiger partial charge < -0.3 is 15.3 Å². The van der Waals surface area contributed by atoms with Gasteiger partial charge in [0.15, 0.2) is 0 Å². The van der Waals surface area contributed by atoms with Gasteiger partial charge in [0.2, 0.25) is 0 Å².